The minimum atomic E-state index is 0.0869. The molecule has 0 fully saturated rings. The van der Waals surface area contributed by atoms with Crippen molar-refractivity contribution in [1.82, 2.24) is 0 Å². The molecule has 2 nitrogen and oxygen atoms in total. The van der Waals surface area contributed by atoms with Crippen LogP contribution in [0.5, 0.6) is 0 Å². The number of nitrogens with zero attached hydrogens (tertiary/aromatic N) is 1. The van der Waals surface area contributed by atoms with Gasteiger partial charge >= 0.3 is 0 Å². The van der Waals surface area contributed by atoms with E-state index in [0.717, 1.165) is 21.7 Å². The number of anilines is 1. The highest BCUT2D eigenvalue weighted by molar-refractivity contribution is 7.80. The van der Waals surface area contributed by atoms with Gasteiger partial charge in [-0.1, -0.05) is 60.7 Å². The first-order valence-corrected chi connectivity index (χ1v) is 7.09. The lowest BCUT2D eigenvalue weighted by molar-refractivity contribution is -0.117. The number of fused-ring (bicyclic) bond motifs is 1. The van der Waals surface area contributed by atoms with Crippen molar-refractivity contribution in [2.75, 3.05) is 4.90 Å². The third-order valence-corrected chi connectivity index (χ3v) is 3.79. The first-order valence-electron chi connectivity index (χ1n) is 6.68. The second-order valence-electron chi connectivity index (χ2n) is 4.99. The number of carbonyl (C=O) groups excluding carboxylic acids is 1. The molecule has 0 atom stereocenters. The van der Waals surface area contributed by atoms with Gasteiger partial charge < -0.3 is 4.90 Å². The van der Waals surface area contributed by atoms with E-state index >= 15 is 0 Å². The highest BCUT2D eigenvalue weighted by Gasteiger charge is 2.24. The SMILES string of the molecule is O=C1CC(=S)Cc2ccccc2N1Cc1ccccc1. The zero-order chi connectivity index (χ0) is 13.9. The molecular formula is C17H15NOS. The van der Waals surface area contributed by atoms with Crippen molar-refractivity contribution in [3.8, 4) is 0 Å². The normalized spacial score (nSPS) is 14.9. The molecule has 3 rings (SSSR count). The van der Waals surface area contributed by atoms with Crippen LogP contribution in [0.2, 0.25) is 0 Å². The van der Waals surface area contributed by atoms with Crippen LogP contribution in [-0.4, -0.2) is 10.8 Å². The van der Waals surface area contributed by atoms with Crippen LogP contribution in [0.4, 0.5) is 5.69 Å². The third kappa shape index (κ3) is 2.63. The molecule has 0 aliphatic carbocycles. The summed E-state index contributed by atoms with van der Waals surface area (Å²) in [5, 5.41) is 0. The molecule has 2 aromatic rings. The molecular weight excluding hydrogens is 266 g/mol. The summed E-state index contributed by atoms with van der Waals surface area (Å²) in [5.74, 6) is 0.0869. The summed E-state index contributed by atoms with van der Waals surface area (Å²) in [4.78, 5) is 15.1. The number of hydrogen-bond donors (Lipinski definition) is 0. The Kier molecular flexibility index (Phi) is 3.61. The van der Waals surface area contributed by atoms with Crippen molar-refractivity contribution in [3.63, 3.8) is 0 Å². The molecule has 0 radical (unpaired) electrons. The van der Waals surface area contributed by atoms with Crippen LogP contribution >= 0.6 is 12.2 Å². The van der Waals surface area contributed by atoms with Crippen molar-refractivity contribution in [2.24, 2.45) is 0 Å². The van der Waals surface area contributed by atoms with Gasteiger partial charge in [0, 0.05) is 17.0 Å². The summed E-state index contributed by atoms with van der Waals surface area (Å²) in [6.45, 7) is 0.597. The summed E-state index contributed by atoms with van der Waals surface area (Å²) in [6.07, 6.45) is 1.07. The molecule has 0 bridgehead atoms. The topological polar surface area (TPSA) is 20.3 Å². The number of rotatable bonds is 2. The van der Waals surface area contributed by atoms with E-state index in [0.29, 0.717) is 19.4 Å². The van der Waals surface area contributed by atoms with Crippen LogP contribution < -0.4 is 4.90 Å². The lowest BCUT2D eigenvalue weighted by atomic mass is 10.1. The van der Waals surface area contributed by atoms with Gasteiger partial charge in [-0.3, -0.25) is 4.79 Å². The molecule has 1 heterocycles. The summed E-state index contributed by atoms with van der Waals surface area (Å²) < 4.78 is 0. The first-order chi connectivity index (χ1) is 9.74. The number of hydrogen-bond acceptors (Lipinski definition) is 2. The maximum absolute atomic E-state index is 12.4. The minimum Gasteiger partial charge on any atom is -0.307 e. The molecule has 0 spiro atoms. The number of carbonyl (C=O) groups is 1. The number of amides is 1. The number of thiocarbonyl (C=S) groups is 1. The highest BCUT2D eigenvalue weighted by Crippen LogP contribution is 2.27. The molecule has 0 saturated heterocycles. The zero-order valence-electron chi connectivity index (χ0n) is 11.1. The smallest absolute Gasteiger partial charge is 0.232 e. The van der Waals surface area contributed by atoms with E-state index in [1.807, 2.05) is 53.4 Å². The Bertz CT molecular complexity index is 651. The summed E-state index contributed by atoms with van der Waals surface area (Å²) >= 11 is 5.32. The molecule has 0 aromatic heterocycles. The Morgan fingerprint density at radius 3 is 2.45 bits per heavy atom. The number of benzene rings is 2. The molecule has 0 N–H and O–H groups in total. The van der Waals surface area contributed by atoms with Gasteiger partial charge in [0.25, 0.3) is 0 Å². The molecule has 1 aliphatic rings. The van der Waals surface area contributed by atoms with Crippen molar-refractivity contribution in [1.29, 1.82) is 0 Å². The van der Waals surface area contributed by atoms with E-state index in [9.17, 15) is 4.79 Å². The Morgan fingerprint density at radius 2 is 1.65 bits per heavy atom. The lowest BCUT2D eigenvalue weighted by Crippen LogP contribution is -2.30. The molecule has 100 valence electrons. The average Bonchev–Trinajstić information content (AvgIpc) is 2.57. The van der Waals surface area contributed by atoms with E-state index in [-0.39, 0.29) is 5.91 Å². The van der Waals surface area contributed by atoms with Crippen LogP contribution in [0, 0.1) is 0 Å². The predicted octanol–water partition coefficient (Wildman–Crippen LogP) is 3.54. The minimum absolute atomic E-state index is 0.0869. The monoisotopic (exact) mass is 281 g/mol. The Hall–Kier alpha value is -2.00. The van der Waals surface area contributed by atoms with Crippen molar-refractivity contribution in [2.45, 2.75) is 19.4 Å². The van der Waals surface area contributed by atoms with Gasteiger partial charge in [0.2, 0.25) is 5.91 Å². The maximum atomic E-state index is 12.4. The van der Waals surface area contributed by atoms with Crippen LogP contribution in [-0.2, 0) is 17.8 Å². The maximum Gasteiger partial charge on any atom is 0.232 e. The van der Waals surface area contributed by atoms with E-state index in [1.165, 1.54) is 0 Å². The van der Waals surface area contributed by atoms with Gasteiger partial charge in [-0.15, -0.1) is 0 Å². The van der Waals surface area contributed by atoms with Crippen LogP contribution in [0.1, 0.15) is 17.5 Å². The van der Waals surface area contributed by atoms with Crippen molar-refractivity contribution in [3.05, 3.63) is 65.7 Å². The van der Waals surface area contributed by atoms with Gasteiger partial charge in [-0.05, 0) is 17.2 Å². The van der Waals surface area contributed by atoms with Crippen LogP contribution in [0.25, 0.3) is 0 Å². The Morgan fingerprint density at radius 1 is 0.950 bits per heavy atom. The lowest BCUT2D eigenvalue weighted by Gasteiger charge is -2.23. The van der Waals surface area contributed by atoms with Crippen molar-refractivity contribution >= 4 is 28.7 Å². The summed E-state index contributed by atoms with van der Waals surface area (Å²) in [6, 6.07) is 18.1. The van der Waals surface area contributed by atoms with Gasteiger partial charge in [0.15, 0.2) is 0 Å². The fourth-order valence-corrected chi connectivity index (χ4v) is 2.82. The standard InChI is InChI=1S/C17H15NOS/c19-17-11-15(20)10-14-8-4-5-9-16(14)18(17)12-13-6-2-1-3-7-13/h1-9H,10-12H2. The first kappa shape index (κ1) is 13.0. The second kappa shape index (κ2) is 5.55. The van der Waals surface area contributed by atoms with Gasteiger partial charge in [0.05, 0.1) is 13.0 Å². The second-order valence-corrected chi connectivity index (χ2v) is 5.56. The zero-order valence-corrected chi connectivity index (χ0v) is 11.9. The molecule has 0 saturated carbocycles. The highest BCUT2D eigenvalue weighted by atomic mass is 32.1. The third-order valence-electron chi connectivity index (χ3n) is 3.50. The summed E-state index contributed by atoms with van der Waals surface area (Å²) in [5.41, 5.74) is 3.25. The molecule has 3 heteroatoms. The van der Waals surface area contributed by atoms with E-state index in [2.05, 4.69) is 6.07 Å². The molecule has 0 unspecified atom stereocenters. The van der Waals surface area contributed by atoms with Crippen LogP contribution in [0.15, 0.2) is 54.6 Å². The Balaban J connectivity index is 2.00. The van der Waals surface area contributed by atoms with Gasteiger partial charge in [-0.2, -0.15) is 0 Å². The predicted molar refractivity (Wildman–Crippen MR) is 85.0 cm³/mol. The number of para-hydroxylation sites is 1. The fourth-order valence-electron chi connectivity index (χ4n) is 2.54. The fraction of sp³-hybridized carbons (Fsp3) is 0.176. The van der Waals surface area contributed by atoms with Crippen LogP contribution in [0.3, 0.4) is 0 Å². The molecule has 20 heavy (non-hydrogen) atoms. The molecule has 1 aliphatic heterocycles. The Labute approximate surface area is 124 Å². The summed E-state index contributed by atoms with van der Waals surface area (Å²) in [7, 11) is 0. The van der Waals surface area contributed by atoms with E-state index in [4.69, 9.17) is 12.2 Å². The quantitative estimate of drug-likeness (QED) is 0.785. The molecule has 1 amide bonds. The largest absolute Gasteiger partial charge is 0.307 e. The van der Waals surface area contributed by atoms with E-state index in [1.54, 1.807) is 0 Å². The van der Waals surface area contributed by atoms with E-state index < -0.39 is 0 Å². The average molecular weight is 281 g/mol. The molecule has 2 aromatic carbocycles. The van der Waals surface area contributed by atoms with Gasteiger partial charge in [-0.25, -0.2) is 0 Å². The van der Waals surface area contributed by atoms with Crippen molar-refractivity contribution < 1.29 is 4.79 Å². The van der Waals surface area contributed by atoms with Gasteiger partial charge in [0.1, 0.15) is 0 Å².